The molecule has 1 fully saturated rings. The fourth-order valence-corrected chi connectivity index (χ4v) is 1.43. The molecule has 0 aromatic rings. The van der Waals surface area contributed by atoms with Gasteiger partial charge in [0.25, 0.3) is 0 Å². The van der Waals surface area contributed by atoms with Crippen LogP contribution in [0.5, 0.6) is 0 Å². The van der Waals surface area contributed by atoms with Crippen molar-refractivity contribution in [1.29, 1.82) is 0 Å². The smallest absolute Gasteiger partial charge is 0.246 e. The molecule has 1 rings (SSSR count). The first-order chi connectivity index (χ1) is 7.72. The van der Waals surface area contributed by atoms with Crippen molar-refractivity contribution in [1.82, 2.24) is 10.6 Å². The van der Waals surface area contributed by atoms with Crippen molar-refractivity contribution in [2.45, 2.75) is 32.4 Å². The highest BCUT2D eigenvalue weighted by Crippen LogP contribution is 1.96. The summed E-state index contributed by atoms with van der Waals surface area (Å²) in [5, 5.41) is 6.06. The monoisotopic (exact) mass is 230 g/mol. The molecule has 2 N–H and O–H groups in total. The van der Waals surface area contributed by atoms with E-state index in [1.807, 2.05) is 13.8 Å². The van der Waals surface area contributed by atoms with Crippen molar-refractivity contribution < 1.29 is 14.3 Å². The predicted molar refractivity (Wildman–Crippen MR) is 61.3 cm³/mol. The maximum Gasteiger partial charge on any atom is 0.246 e. The summed E-state index contributed by atoms with van der Waals surface area (Å²) >= 11 is 0. The van der Waals surface area contributed by atoms with Gasteiger partial charge >= 0.3 is 0 Å². The maximum absolute atomic E-state index is 11.4. The third-order valence-electron chi connectivity index (χ3n) is 2.56. The Balaban J connectivity index is 2.03. The lowest BCUT2D eigenvalue weighted by Gasteiger charge is -2.23. The van der Waals surface area contributed by atoms with Crippen LogP contribution in [-0.2, 0) is 14.3 Å². The zero-order chi connectivity index (χ0) is 11.8. The second-order valence-electron chi connectivity index (χ2n) is 4.09. The summed E-state index contributed by atoms with van der Waals surface area (Å²) in [7, 11) is 0. The number of rotatable bonds is 6. The molecule has 0 saturated carbocycles. The molecule has 5 heteroatoms. The first kappa shape index (κ1) is 13.4. The molecule has 0 aromatic heterocycles. The van der Waals surface area contributed by atoms with Crippen molar-refractivity contribution in [3.05, 3.63) is 0 Å². The summed E-state index contributed by atoms with van der Waals surface area (Å²) in [6, 6.07) is 0.212. The second kappa shape index (κ2) is 7.60. The Hall–Kier alpha value is -0.650. The number of carbonyl (C=O) groups excluding carboxylic acids is 1. The van der Waals surface area contributed by atoms with Gasteiger partial charge in [-0.05, 0) is 13.3 Å². The lowest BCUT2D eigenvalue weighted by molar-refractivity contribution is -0.128. The van der Waals surface area contributed by atoms with Gasteiger partial charge in [-0.15, -0.1) is 0 Å². The van der Waals surface area contributed by atoms with E-state index < -0.39 is 0 Å². The fraction of sp³-hybridized carbons (Fsp3) is 0.909. The first-order valence-corrected chi connectivity index (χ1v) is 5.91. The van der Waals surface area contributed by atoms with Crippen molar-refractivity contribution in [3.8, 4) is 0 Å². The van der Waals surface area contributed by atoms with Gasteiger partial charge in [-0.2, -0.15) is 0 Å². The Bertz CT molecular complexity index is 205. The van der Waals surface area contributed by atoms with E-state index in [-0.39, 0.29) is 24.7 Å². The van der Waals surface area contributed by atoms with Crippen LogP contribution in [-0.4, -0.2) is 51.0 Å². The van der Waals surface area contributed by atoms with Crippen LogP contribution in [0.3, 0.4) is 0 Å². The normalized spacial score (nSPS) is 22.8. The molecule has 1 aliphatic rings. The molecule has 2 unspecified atom stereocenters. The SMILES string of the molecule is CCC(C)NC(=O)COCC1CNCCO1. The van der Waals surface area contributed by atoms with Gasteiger partial charge in [0.2, 0.25) is 5.91 Å². The molecule has 0 aromatic carbocycles. The van der Waals surface area contributed by atoms with Gasteiger partial charge < -0.3 is 20.1 Å². The molecule has 1 heterocycles. The van der Waals surface area contributed by atoms with Crippen LogP contribution in [0.2, 0.25) is 0 Å². The number of hydrogen-bond donors (Lipinski definition) is 2. The van der Waals surface area contributed by atoms with Crippen LogP contribution >= 0.6 is 0 Å². The zero-order valence-corrected chi connectivity index (χ0v) is 10.1. The van der Waals surface area contributed by atoms with Crippen molar-refractivity contribution in [2.75, 3.05) is 32.9 Å². The Morgan fingerprint density at radius 2 is 2.50 bits per heavy atom. The molecular weight excluding hydrogens is 208 g/mol. The summed E-state index contributed by atoms with van der Waals surface area (Å²) in [5.74, 6) is -0.0573. The van der Waals surface area contributed by atoms with Crippen molar-refractivity contribution in [3.63, 3.8) is 0 Å². The standard InChI is InChI=1S/C11H22N2O3/c1-3-9(2)13-11(14)8-15-7-10-6-12-4-5-16-10/h9-10,12H,3-8H2,1-2H3,(H,13,14). The Morgan fingerprint density at radius 1 is 1.69 bits per heavy atom. The fourth-order valence-electron chi connectivity index (χ4n) is 1.43. The number of hydrogen-bond acceptors (Lipinski definition) is 4. The minimum atomic E-state index is -0.0573. The van der Waals surface area contributed by atoms with E-state index >= 15 is 0 Å². The molecule has 94 valence electrons. The highest BCUT2D eigenvalue weighted by molar-refractivity contribution is 5.77. The average molecular weight is 230 g/mol. The molecule has 1 saturated heterocycles. The van der Waals surface area contributed by atoms with Crippen LogP contribution in [0.1, 0.15) is 20.3 Å². The van der Waals surface area contributed by atoms with Crippen molar-refractivity contribution >= 4 is 5.91 Å². The number of nitrogens with one attached hydrogen (secondary N) is 2. The van der Waals surface area contributed by atoms with Gasteiger partial charge in [-0.3, -0.25) is 4.79 Å². The maximum atomic E-state index is 11.4. The highest BCUT2D eigenvalue weighted by atomic mass is 16.5. The molecule has 0 spiro atoms. The summed E-state index contributed by atoms with van der Waals surface area (Å²) < 4.78 is 10.7. The largest absolute Gasteiger partial charge is 0.373 e. The van der Waals surface area contributed by atoms with Crippen LogP contribution in [0.4, 0.5) is 0 Å². The second-order valence-corrected chi connectivity index (χ2v) is 4.09. The third kappa shape index (κ3) is 5.44. The van der Waals surface area contributed by atoms with E-state index in [0.717, 1.165) is 19.5 Å². The summed E-state index contributed by atoms with van der Waals surface area (Å²) in [5.41, 5.74) is 0. The minimum absolute atomic E-state index is 0.0573. The Morgan fingerprint density at radius 3 is 3.12 bits per heavy atom. The van der Waals surface area contributed by atoms with Gasteiger partial charge in [0.15, 0.2) is 0 Å². The van der Waals surface area contributed by atoms with E-state index in [1.165, 1.54) is 0 Å². The van der Waals surface area contributed by atoms with Gasteiger partial charge in [-0.1, -0.05) is 6.92 Å². The Labute approximate surface area is 96.9 Å². The minimum Gasteiger partial charge on any atom is -0.373 e. The molecule has 0 bridgehead atoms. The molecule has 16 heavy (non-hydrogen) atoms. The average Bonchev–Trinajstić information content (AvgIpc) is 2.30. The van der Waals surface area contributed by atoms with Crippen LogP contribution in [0, 0.1) is 0 Å². The van der Waals surface area contributed by atoms with E-state index in [4.69, 9.17) is 9.47 Å². The van der Waals surface area contributed by atoms with Gasteiger partial charge in [0, 0.05) is 19.1 Å². The van der Waals surface area contributed by atoms with Crippen LogP contribution in [0.15, 0.2) is 0 Å². The van der Waals surface area contributed by atoms with Crippen LogP contribution in [0.25, 0.3) is 0 Å². The third-order valence-corrected chi connectivity index (χ3v) is 2.56. The van der Waals surface area contributed by atoms with Gasteiger partial charge in [-0.25, -0.2) is 0 Å². The lowest BCUT2D eigenvalue weighted by atomic mass is 10.2. The molecule has 1 aliphatic heterocycles. The Kier molecular flexibility index (Phi) is 6.37. The molecule has 0 radical (unpaired) electrons. The summed E-state index contributed by atoms with van der Waals surface area (Å²) in [6.07, 6.45) is 1.01. The molecule has 1 amide bonds. The zero-order valence-electron chi connectivity index (χ0n) is 10.1. The van der Waals surface area contributed by atoms with E-state index in [1.54, 1.807) is 0 Å². The molecule has 2 atom stereocenters. The number of carbonyl (C=O) groups is 1. The quantitative estimate of drug-likeness (QED) is 0.669. The summed E-state index contributed by atoms with van der Waals surface area (Å²) in [4.78, 5) is 11.4. The highest BCUT2D eigenvalue weighted by Gasteiger charge is 2.14. The van der Waals surface area contributed by atoms with Gasteiger partial charge in [0.1, 0.15) is 6.61 Å². The predicted octanol–water partition coefficient (Wildman–Crippen LogP) is -0.0939. The number of ether oxygens (including phenoxy) is 2. The van der Waals surface area contributed by atoms with E-state index in [9.17, 15) is 4.79 Å². The first-order valence-electron chi connectivity index (χ1n) is 5.91. The van der Waals surface area contributed by atoms with Gasteiger partial charge in [0.05, 0.1) is 19.3 Å². The van der Waals surface area contributed by atoms with Crippen molar-refractivity contribution in [2.24, 2.45) is 0 Å². The topological polar surface area (TPSA) is 59.6 Å². The molecular formula is C11H22N2O3. The number of morpholine rings is 1. The van der Waals surface area contributed by atoms with Crippen LogP contribution < -0.4 is 10.6 Å². The molecule has 5 nitrogen and oxygen atoms in total. The number of amides is 1. The van der Waals surface area contributed by atoms with E-state index in [0.29, 0.717) is 13.2 Å². The lowest BCUT2D eigenvalue weighted by Crippen LogP contribution is -2.42. The summed E-state index contributed by atoms with van der Waals surface area (Å²) in [6.45, 7) is 7.01. The van der Waals surface area contributed by atoms with E-state index in [2.05, 4.69) is 10.6 Å². The molecule has 0 aliphatic carbocycles.